The average Bonchev–Trinajstić information content (AvgIpc) is 3.34. The summed E-state index contributed by atoms with van der Waals surface area (Å²) < 4.78 is 1.80. The van der Waals surface area contributed by atoms with E-state index in [4.69, 9.17) is 0 Å². The summed E-state index contributed by atoms with van der Waals surface area (Å²) >= 11 is 0. The molecule has 1 aliphatic rings. The molecule has 5 rings (SSSR count). The van der Waals surface area contributed by atoms with Gasteiger partial charge in [-0.05, 0) is 42.9 Å². The summed E-state index contributed by atoms with van der Waals surface area (Å²) in [5, 5.41) is 3.53. The van der Waals surface area contributed by atoms with Crippen LogP contribution in [0.5, 0.6) is 0 Å². The third-order valence-corrected chi connectivity index (χ3v) is 7.38. The van der Waals surface area contributed by atoms with Crippen molar-refractivity contribution < 1.29 is 14.4 Å². The molecule has 4 aromatic rings. The molecule has 0 radical (unpaired) electrons. The zero-order valence-corrected chi connectivity index (χ0v) is 21.5. The minimum Gasteiger partial charge on any atom is -0.349 e. The van der Waals surface area contributed by atoms with Gasteiger partial charge in [-0.1, -0.05) is 78.9 Å². The van der Waals surface area contributed by atoms with Crippen LogP contribution in [0.15, 0.2) is 91.1 Å². The molecule has 0 spiro atoms. The molecule has 0 unspecified atom stereocenters. The van der Waals surface area contributed by atoms with Gasteiger partial charge >= 0.3 is 0 Å². The van der Waals surface area contributed by atoms with Gasteiger partial charge in [0.2, 0.25) is 5.91 Å². The standard InChI is InChI=1S/C32H33N3O3/c36-30(34-20-10-3-11-21-34)23-35-22-28(27-16-8-9-17-29(27)35)31(37)32(38)33-19-18-26(24-12-4-1-5-13-24)25-14-6-2-7-15-25/h1-2,4-9,12-17,22,26H,3,10-11,18-21,23H2,(H,33,38). The molecule has 1 saturated heterocycles. The number of para-hydroxylation sites is 1. The van der Waals surface area contributed by atoms with E-state index in [1.54, 1.807) is 10.8 Å². The van der Waals surface area contributed by atoms with Crippen LogP contribution in [0.25, 0.3) is 10.9 Å². The lowest BCUT2D eigenvalue weighted by molar-refractivity contribution is -0.132. The highest BCUT2D eigenvalue weighted by Crippen LogP contribution is 2.27. The summed E-state index contributed by atoms with van der Waals surface area (Å²) in [6, 6.07) is 27.8. The molecule has 0 saturated carbocycles. The van der Waals surface area contributed by atoms with Crippen molar-refractivity contribution in [2.45, 2.75) is 38.1 Å². The van der Waals surface area contributed by atoms with Crippen LogP contribution >= 0.6 is 0 Å². The summed E-state index contributed by atoms with van der Waals surface area (Å²) in [7, 11) is 0. The van der Waals surface area contributed by atoms with Crippen molar-refractivity contribution >= 4 is 28.5 Å². The molecule has 3 aromatic carbocycles. The second-order valence-corrected chi connectivity index (χ2v) is 9.88. The van der Waals surface area contributed by atoms with Crippen LogP contribution in [0.4, 0.5) is 0 Å². The molecule has 2 amide bonds. The Kier molecular flexibility index (Phi) is 7.98. The Hall–Kier alpha value is -4.19. The van der Waals surface area contributed by atoms with Gasteiger partial charge in [-0.15, -0.1) is 0 Å². The molecule has 194 valence electrons. The number of benzene rings is 3. The number of hydrogen-bond acceptors (Lipinski definition) is 3. The SMILES string of the molecule is O=C(NCCC(c1ccccc1)c1ccccc1)C(=O)c1cn(CC(=O)N2CCCCC2)c2ccccc12. The Morgan fingerprint density at radius 3 is 2.03 bits per heavy atom. The van der Waals surface area contributed by atoms with E-state index in [-0.39, 0.29) is 18.4 Å². The molecule has 6 heteroatoms. The summed E-state index contributed by atoms with van der Waals surface area (Å²) in [6.45, 7) is 2.08. The number of fused-ring (bicyclic) bond motifs is 1. The fraction of sp³-hybridized carbons (Fsp3) is 0.281. The Bertz CT molecular complexity index is 1370. The second kappa shape index (κ2) is 11.9. The van der Waals surface area contributed by atoms with E-state index in [1.807, 2.05) is 65.6 Å². The van der Waals surface area contributed by atoms with Gasteiger partial charge in [0, 0.05) is 42.7 Å². The van der Waals surface area contributed by atoms with Crippen LogP contribution in [0.2, 0.25) is 0 Å². The van der Waals surface area contributed by atoms with E-state index in [9.17, 15) is 14.4 Å². The van der Waals surface area contributed by atoms with E-state index in [1.165, 1.54) is 11.1 Å². The molecule has 0 bridgehead atoms. The molecule has 0 aliphatic carbocycles. The van der Waals surface area contributed by atoms with Crippen LogP contribution in [0.1, 0.15) is 53.1 Å². The van der Waals surface area contributed by atoms with Crippen LogP contribution in [-0.2, 0) is 16.1 Å². The number of nitrogens with one attached hydrogen (secondary N) is 1. The van der Waals surface area contributed by atoms with E-state index in [0.717, 1.165) is 37.9 Å². The summed E-state index contributed by atoms with van der Waals surface area (Å²) in [5.41, 5.74) is 3.44. The van der Waals surface area contributed by atoms with Crippen LogP contribution in [0, 0.1) is 0 Å². The van der Waals surface area contributed by atoms with Crippen LogP contribution in [-0.4, -0.2) is 46.7 Å². The number of carbonyl (C=O) groups excluding carboxylic acids is 3. The van der Waals surface area contributed by atoms with E-state index in [0.29, 0.717) is 23.9 Å². The lowest BCUT2D eigenvalue weighted by Crippen LogP contribution is -2.37. The predicted molar refractivity (Wildman–Crippen MR) is 149 cm³/mol. The molecule has 1 fully saturated rings. The van der Waals surface area contributed by atoms with Gasteiger partial charge < -0.3 is 14.8 Å². The van der Waals surface area contributed by atoms with Crippen molar-refractivity contribution in [3.63, 3.8) is 0 Å². The molecular formula is C32H33N3O3. The third-order valence-electron chi connectivity index (χ3n) is 7.38. The maximum absolute atomic E-state index is 13.3. The molecule has 1 aliphatic heterocycles. The fourth-order valence-corrected chi connectivity index (χ4v) is 5.38. The number of carbonyl (C=O) groups is 3. The molecule has 38 heavy (non-hydrogen) atoms. The molecule has 1 N–H and O–H groups in total. The number of ketones is 1. The van der Waals surface area contributed by atoms with Crippen molar-refractivity contribution in [2.24, 2.45) is 0 Å². The molecular weight excluding hydrogens is 474 g/mol. The topological polar surface area (TPSA) is 71.4 Å². The first-order valence-corrected chi connectivity index (χ1v) is 13.4. The number of nitrogens with zero attached hydrogens (tertiary/aromatic N) is 2. The quantitative estimate of drug-likeness (QED) is 0.251. The fourth-order valence-electron chi connectivity index (χ4n) is 5.38. The number of hydrogen-bond donors (Lipinski definition) is 1. The van der Waals surface area contributed by atoms with Crippen molar-refractivity contribution in [1.82, 2.24) is 14.8 Å². The maximum atomic E-state index is 13.3. The third kappa shape index (κ3) is 5.70. The highest BCUT2D eigenvalue weighted by molar-refractivity contribution is 6.45. The van der Waals surface area contributed by atoms with Crippen molar-refractivity contribution in [3.8, 4) is 0 Å². The Labute approximate surface area is 223 Å². The van der Waals surface area contributed by atoms with Gasteiger partial charge in [0.15, 0.2) is 0 Å². The largest absolute Gasteiger partial charge is 0.349 e. The van der Waals surface area contributed by atoms with Gasteiger partial charge in [0.1, 0.15) is 6.54 Å². The number of amides is 2. The van der Waals surface area contributed by atoms with E-state index in [2.05, 4.69) is 29.6 Å². The highest BCUT2D eigenvalue weighted by Gasteiger charge is 2.24. The van der Waals surface area contributed by atoms with Crippen LogP contribution < -0.4 is 5.32 Å². The summed E-state index contributed by atoms with van der Waals surface area (Å²) in [4.78, 5) is 41.0. The first-order valence-electron chi connectivity index (χ1n) is 13.4. The normalized spacial score (nSPS) is 13.6. The summed E-state index contributed by atoms with van der Waals surface area (Å²) in [6.07, 6.45) is 5.53. The first-order chi connectivity index (χ1) is 18.6. The first kappa shape index (κ1) is 25.5. The molecule has 0 atom stereocenters. The van der Waals surface area contributed by atoms with Crippen molar-refractivity contribution in [3.05, 3.63) is 108 Å². The van der Waals surface area contributed by atoms with E-state index >= 15 is 0 Å². The minimum atomic E-state index is -0.630. The predicted octanol–water partition coefficient (Wildman–Crippen LogP) is 5.17. The number of Topliss-reactive ketones (excluding diaryl/α,β-unsaturated/α-hetero) is 1. The number of piperidine rings is 1. The minimum absolute atomic E-state index is 0.0433. The van der Waals surface area contributed by atoms with Gasteiger partial charge in [0.05, 0.1) is 5.56 Å². The maximum Gasteiger partial charge on any atom is 0.292 e. The zero-order valence-electron chi connectivity index (χ0n) is 21.5. The zero-order chi connectivity index (χ0) is 26.3. The number of likely N-dealkylation sites (tertiary alicyclic amines) is 1. The molecule has 2 heterocycles. The lowest BCUT2D eigenvalue weighted by atomic mass is 9.88. The average molecular weight is 508 g/mol. The van der Waals surface area contributed by atoms with Gasteiger partial charge in [0.25, 0.3) is 11.7 Å². The second-order valence-electron chi connectivity index (χ2n) is 9.88. The Morgan fingerprint density at radius 2 is 1.37 bits per heavy atom. The van der Waals surface area contributed by atoms with Crippen molar-refractivity contribution in [1.29, 1.82) is 0 Å². The van der Waals surface area contributed by atoms with Crippen molar-refractivity contribution in [2.75, 3.05) is 19.6 Å². The lowest BCUT2D eigenvalue weighted by Gasteiger charge is -2.27. The Morgan fingerprint density at radius 1 is 0.763 bits per heavy atom. The summed E-state index contributed by atoms with van der Waals surface area (Å²) in [5.74, 6) is -1.06. The van der Waals surface area contributed by atoms with Gasteiger partial charge in [-0.3, -0.25) is 14.4 Å². The number of rotatable bonds is 9. The highest BCUT2D eigenvalue weighted by atomic mass is 16.2. The van der Waals surface area contributed by atoms with Gasteiger partial charge in [-0.2, -0.15) is 0 Å². The van der Waals surface area contributed by atoms with E-state index < -0.39 is 11.7 Å². The molecule has 1 aromatic heterocycles. The monoisotopic (exact) mass is 507 g/mol. The Balaban J connectivity index is 1.28. The smallest absolute Gasteiger partial charge is 0.292 e. The van der Waals surface area contributed by atoms with Gasteiger partial charge in [-0.25, -0.2) is 0 Å². The van der Waals surface area contributed by atoms with Crippen LogP contribution in [0.3, 0.4) is 0 Å². The number of aromatic nitrogens is 1. The molecule has 6 nitrogen and oxygen atoms in total.